The minimum Gasteiger partial charge on any atom is -0.311 e. The molecule has 0 saturated carbocycles. The average molecular weight is 1550 g/mol. The summed E-state index contributed by atoms with van der Waals surface area (Å²) in [5, 5.41) is 7.25. The van der Waals surface area contributed by atoms with Crippen molar-refractivity contribution in [3.8, 4) is 89.3 Å². The minimum atomic E-state index is -0.225. The van der Waals surface area contributed by atoms with Crippen molar-refractivity contribution in [2.24, 2.45) is 0 Å². The highest BCUT2D eigenvalue weighted by molar-refractivity contribution is 7.00. The molecule has 0 bridgehead atoms. The van der Waals surface area contributed by atoms with Gasteiger partial charge in [-0.1, -0.05) is 316 Å². The van der Waals surface area contributed by atoms with Crippen LogP contribution >= 0.6 is 0 Å². The van der Waals surface area contributed by atoms with Crippen LogP contribution < -0.4 is 26.2 Å². The maximum absolute atomic E-state index is 2.64. The molecule has 17 aromatic carbocycles. The fourth-order valence-electron chi connectivity index (χ4n) is 21.4. The zero-order valence-electron chi connectivity index (χ0n) is 69.9. The molecular weight excluding hydrogens is 1460 g/mol. The van der Waals surface area contributed by atoms with Gasteiger partial charge in [-0.2, -0.15) is 0 Å². The van der Waals surface area contributed by atoms with Gasteiger partial charge < -0.3 is 18.9 Å². The Kier molecular flexibility index (Phi) is 16.4. The predicted octanol–water partition coefficient (Wildman–Crippen LogP) is 29.5. The molecule has 4 heterocycles. The summed E-state index contributed by atoms with van der Waals surface area (Å²) in [6, 6.07) is 142. The van der Waals surface area contributed by atoms with Gasteiger partial charge in [-0.15, -0.1) is 0 Å². The Morgan fingerprint density at radius 3 is 0.901 bits per heavy atom. The van der Waals surface area contributed by atoms with E-state index in [2.05, 4.69) is 444 Å². The summed E-state index contributed by atoms with van der Waals surface area (Å²) < 4.78 is 5.08. The zero-order valence-corrected chi connectivity index (χ0v) is 69.9. The molecule has 4 aliphatic rings. The number of hydrogen-bond acceptors (Lipinski definition) is 2. The molecule has 5 heteroatoms. The van der Waals surface area contributed by atoms with Gasteiger partial charge in [0, 0.05) is 67.0 Å². The predicted molar refractivity (Wildman–Crippen MR) is 515 cm³/mol. The lowest BCUT2D eigenvalue weighted by Crippen LogP contribution is -2.61. The maximum Gasteiger partial charge on any atom is 0.252 e. The van der Waals surface area contributed by atoms with Gasteiger partial charge in [-0.3, -0.25) is 0 Å². The van der Waals surface area contributed by atoms with Gasteiger partial charge in [0.1, 0.15) is 0 Å². The molecule has 0 saturated heterocycles. The van der Waals surface area contributed by atoms with Gasteiger partial charge in [0.25, 0.3) is 6.71 Å². The monoisotopic (exact) mass is 1550 g/mol. The molecule has 0 unspecified atom stereocenters. The van der Waals surface area contributed by atoms with Crippen LogP contribution in [0.4, 0.5) is 34.1 Å². The summed E-state index contributed by atoms with van der Waals surface area (Å²) >= 11 is 0. The van der Waals surface area contributed by atoms with Crippen molar-refractivity contribution in [1.29, 1.82) is 0 Å². The number of benzene rings is 17. The second-order valence-electron chi connectivity index (χ2n) is 37.3. The van der Waals surface area contributed by atoms with Crippen LogP contribution in [0.25, 0.3) is 144 Å². The van der Waals surface area contributed by atoms with Gasteiger partial charge in [0.05, 0.1) is 22.1 Å². The molecule has 2 aromatic heterocycles. The van der Waals surface area contributed by atoms with E-state index in [1.54, 1.807) is 0 Å². The van der Waals surface area contributed by atoms with E-state index in [1.165, 1.54) is 156 Å². The Morgan fingerprint density at radius 2 is 0.521 bits per heavy atom. The summed E-state index contributed by atoms with van der Waals surface area (Å²) in [5.74, 6) is 0. The van der Waals surface area contributed by atoms with Gasteiger partial charge in [-0.25, -0.2) is 0 Å². The van der Waals surface area contributed by atoms with Crippen LogP contribution in [-0.2, 0) is 21.7 Å². The van der Waals surface area contributed by atoms with Crippen molar-refractivity contribution in [1.82, 2.24) is 9.13 Å². The van der Waals surface area contributed by atoms with Crippen molar-refractivity contribution >= 4 is 112 Å². The van der Waals surface area contributed by atoms with Crippen molar-refractivity contribution < 1.29 is 0 Å². The van der Waals surface area contributed by atoms with E-state index in [9.17, 15) is 0 Å². The number of aromatic nitrogens is 2. The molecule has 0 radical (unpaired) electrons. The number of anilines is 6. The number of fused-ring (bicyclic) bond motifs is 13. The Bertz CT molecular complexity index is 6830. The first-order chi connectivity index (χ1) is 58.9. The third kappa shape index (κ3) is 11.8. The van der Waals surface area contributed by atoms with Crippen LogP contribution in [0.5, 0.6) is 0 Å². The molecule has 0 fully saturated rings. The summed E-state index contributed by atoms with van der Waals surface area (Å²) in [7, 11) is 0. The second-order valence-corrected chi connectivity index (χ2v) is 37.3. The highest BCUT2D eigenvalue weighted by Crippen LogP contribution is 2.53. The van der Waals surface area contributed by atoms with Gasteiger partial charge in [-0.05, 0) is 284 Å². The molecule has 0 spiro atoms. The molecule has 0 amide bonds. The highest BCUT2D eigenvalue weighted by Gasteiger charge is 2.46. The maximum atomic E-state index is 2.64. The summed E-state index contributed by atoms with van der Waals surface area (Å²) in [4.78, 5) is 5.29. The molecular formula is C116H93BN4. The molecule has 19 aromatic rings. The summed E-state index contributed by atoms with van der Waals surface area (Å²) in [5.41, 5.74) is 40.2. The molecule has 580 valence electrons. The average Bonchev–Trinajstić information content (AvgIpc) is 0.792. The molecule has 121 heavy (non-hydrogen) atoms. The van der Waals surface area contributed by atoms with E-state index < -0.39 is 0 Å². The van der Waals surface area contributed by atoms with Crippen molar-refractivity contribution in [3.05, 3.63) is 392 Å². The quantitative estimate of drug-likeness (QED) is 0.120. The topological polar surface area (TPSA) is 16.3 Å². The first-order valence-corrected chi connectivity index (χ1v) is 43.4. The van der Waals surface area contributed by atoms with Crippen LogP contribution in [0, 0.1) is 0 Å². The Labute approximate surface area is 710 Å². The first kappa shape index (κ1) is 72.5. The fraction of sp³-hybridized carbons (Fsp3) is 0.138. The van der Waals surface area contributed by atoms with Gasteiger partial charge in [0.2, 0.25) is 0 Å². The van der Waals surface area contributed by atoms with Crippen LogP contribution in [0.1, 0.15) is 103 Å². The summed E-state index contributed by atoms with van der Waals surface area (Å²) in [6.45, 7) is 19.3. The smallest absolute Gasteiger partial charge is 0.252 e. The molecule has 0 N–H and O–H groups in total. The second kappa shape index (κ2) is 27.4. The Hall–Kier alpha value is -13.7. The third-order valence-electron chi connectivity index (χ3n) is 28.2. The van der Waals surface area contributed by atoms with E-state index >= 15 is 0 Å². The molecule has 4 nitrogen and oxygen atoms in total. The largest absolute Gasteiger partial charge is 0.311 e. The third-order valence-corrected chi connectivity index (χ3v) is 28.2. The van der Waals surface area contributed by atoms with E-state index in [1.807, 2.05) is 0 Å². The van der Waals surface area contributed by atoms with E-state index in [-0.39, 0.29) is 28.4 Å². The SMILES string of the molecule is CC1(C)CCC(C)(C)c2cc(-c3ccc(N4c5cc(-n6c7ccc(-c8ccccc8)cc7c7cc(-c8ccccc8)ccc76)ccc5B5c6ccc(-n7c8ccc(-c9ccccc9)cc8c8cc(-c9ccccc9)ccc87)cc6N(c6ccc(-c7ccc8c(c7)C(C)(C)CCC8(C)C)cc6)c6cc(-c7cccc8ccccc78)cc4c65)cc3)ccc21. The van der Waals surface area contributed by atoms with E-state index in [0.29, 0.717) is 0 Å². The van der Waals surface area contributed by atoms with E-state index in [0.717, 1.165) is 86.0 Å². The van der Waals surface area contributed by atoms with Gasteiger partial charge >= 0.3 is 0 Å². The normalized spacial score (nSPS) is 15.2. The number of nitrogens with zero attached hydrogens (tertiary/aromatic N) is 4. The standard InChI is InChI=1S/C116H93BN4/c1-113(2)60-62-115(5,6)100-68-85(40-52-98(100)113)78-36-46-88(47-37-78)118-108-72-90(120-104-56-42-81(74-24-13-9-14-25-74)64-94(104)95-65-82(43-57-105(95)120)75-26-15-10-16-27-75)50-54-102(108)117-103-55-51-91(121-106-58-44-83(76-28-17-11-18-29-76)66-96(106)97-67-84(45-59-107(97)121)77-30-19-12-20-31-77)73-109(103)119(111-71-87(70-110(118)112(111)117)93-35-23-33-80-32-21-22-34-92(80)93)89-48-38-79(39-49-89)86-41-53-99-101(69-86)116(7,8)63-61-114(99,3)4/h9-59,64-73H,60-63H2,1-8H3. The zero-order chi connectivity index (χ0) is 81.4. The number of rotatable bonds is 11. The molecule has 23 rings (SSSR count). The van der Waals surface area contributed by atoms with Crippen LogP contribution in [0.15, 0.2) is 370 Å². The van der Waals surface area contributed by atoms with Crippen molar-refractivity contribution in [3.63, 3.8) is 0 Å². The lowest BCUT2D eigenvalue weighted by Gasteiger charge is -2.45. The lowest BCUT2D eigenvalue weighted by molar-refractivity contribution is 0.332. The Morgan fingerprint density at radius 1 is 0.215 bits per heavy atom. The molecule has 2 aliphatic carbocycles. The lowest BCUT2D eigenvalue weighted by atomic mass is 9.33. The summed E-state index contributed by atoms with van der Waals surface area (Å²) in [6.07, 6.45) is 4.66. The van der Waals surface area contributed by atoms with Crippen molar-refractivity contribution in [2.75, 3.05) is 9.80 Å². The highest BCUT2D eigenvalue weighted by atomic mass is 15.2. The van der Waals surface area contributed by atoms with Crippen LogP contribution in [0.3, 0.4) is 0 Å². The van der Waals surface area contributed by atoms with Crippen LogP contribution in [0.2, 0.25) is 0 Å². The molecule has 0 atom stereocenters. The first-order valence-electron chi connectivity index (χ1n) is 43.4. The van der Waals surface area contributed by atoms with Gasteiger partial charge in [0.15, 0.2) is 0 Å². The minimum absolute atomic E-state index is 0.0591. The fourth-order valence-corrected chi connectivity index (χ4v) is 21.4. The number of hydrogen-bond donors (Lipinski definition) is 0. The van der Waals surface area contributed by atoms with E-state index in [4.69, 9.17) is 0 Å². The molecule has 2 aliphatic heterocycles. The van der Waals surface area contributed by atoms with Crippen LogP contribution in [-0.4, -0.2) is 15.8 Å². The van der Waals surface area contributed by atoms with Crippen molar-refractivity contribution in [2.45, 2.75) is 103 Å². The Balaban J connectivity index is 0.793.